The zero-order valence-corrected chi connectivity index (χ0v) is 12.6. The molecule has 1 aromatic carbocycles. The molecule has 1 aromatic rings. The van der Waals surface area contributed by atoms with E-state index in [9.17, 15) is 9.00 Å². The molecular weight excluding hydrogens is 316 g/mol. The number of nitrogens with one attached hydrogen (secondary N) is 2. The molecule has 1 atom stereocenters. The Morgan fingerprint density at radius 3 is 2.78 bits per heavy atom. The molecule has 6 heteroatoms. The van der Waals surface area contributed by atoms with Crippen molar-refractivity contribution in [1.29, 1.82) is 0 Å². The lowest BCUT2D eigenvalue weighted by Crippen LogP contribution is -2.31. The molecule has 0 saturated heterocycles. The number of halogens is 1. The van der Waals surface area contributed by atoms with E-state index in [0.717, 1.165) is 10.2 Å². The van der Waals surface area contributed by atoms with Crippen LogP contribution in [-0.4, -0.2) is 34.7 Å². The normalized spacial score (nSPS) is 12.1. The molecule has 0 heterocycles. The van der Waals surface area contributed by atoms with Crippen LogP contribution in [0.25, 0.3) is 0 Å². The maximum atomic E-state index is 11.6. The van der Waals surface area contributed by atoms with Gasteiger partial charge < -0.3 is 10.6 Å². The van der Waals surface area contributed by atoms with Gasteiger partial charge in [-0.05, 0) is 28.1 Å². The Hall–Kier alpha value is -0.720. The lowest BCUT2D eigenvalue weighted by molar-refractivity contribution is -0.115. The second-order valence-corrected chi connectivity index (χ2v) is 6.36. The molecular formula is C12H17BrN2O2S. The van der Waals surface area contributed by atoms with Crippen LogP contribution in [0.2, 0.25) is 0 Å². The van der Waals surface area contributed by atoms with E-state index in [-0.39, 0.29) is 12.5 Å². The Morgan fingerprint density at radius 1 is 1.39 bits per heavy atom. The molecule has 0 aliphatic rings. The highest BCUT2D eigenvalue weighted by Gasteiger charge is 2.04. The first-order valence-corrected chi connectivity index (χ1v) is 8.01. The number of hydrogen-bond acceptors (Lipinski definition) is 3. The van der Waals surface area contributed by atoms with Crippen molar-refractivity contribution in [1.82, 2.24) is 5.32 Å². The van der Waals surface area contributed by atoms with Crippen LogP contribution in [0, 0.1) is 0 Å². The van der Waals surface area contributed by atoms with Crippen LogP contribution in [0.15, 0.2) is 28.7 Å². The van der Waals surface area contributed by atoms with E-state index in [1.165, 1.54) is 0 Å². The van der Waals surface area contributed by atoms with Crippen LogP contribution in [-0.2, 0) is 15.6 Å². The molecule has 18 heavy (non-hydrogen) atoms. The minimum Gasteiger partial charge on any atom is -0.324 e. The van der Waals surface area contributed by atoms with E-state index in [4.69, 9.17) is 0 Å². The van der Waals surface area contributed by atoms with Crippen LogP contribution < -0.4 is 10.6 Å². The third kappa shape index (κ3) is 5.75. The van der Waals surface area contributed by atoms with E-state index in [2.05, 4.69) is 26.6 Å². The number of carbonyl (C=O) groups excluding carboxylic acids is 1. The molecule has 0 saturated carbocycles. The van der Waals surface area contributed by atoms with Crippen molar-refractivity contribution in [3.8, 4) is 0 Å². The molecule has 2 N–H and O–H groups in total. The van der Waals surface area contributed by atoms with Crippen molar-refractivity contribution in [2.24, 2.45) is 0 Å². The summed E-state index contributed by atoms with van der Waals surface area (Å²) in [5.74, 6) is 1.13. The SMILES string of the molecule is CCS(=O)CCNCC(=O)Nc1ccccc1Br. The van der Waals surface area contributed by atoms with Crippen molar-refractivity contribution < 1.29 is 9.00 Å². The molecule has 1 amide bonds. The Kier molecular flexibility index (Phi) is 7.15. The smallest absolute Gasteiger partial charge is 0.238 e. The second-order valence-electron chi connectivity index (χ2n) is 3.64. The van der Waals surface area contributed by atoms with Crippen LogP contribution in [0.5, 0.6) is 0 Å². The molecule has 0 fully saturated rings. The average molecular weight is 333 g/mol. The Morgan fingerprint density at radius 2 is 2.11 bits per heavy atom. The minimum atomic E-state index is -0.785. The summed E-state index contributed by atoms with van der Waals surface area (Å²) in [6, 6.07) is 7.44. The number of amides is 1. The summed E-state index contributed by atoms with van der Waals surface area (Å²) < 4.78 is 12.0. The van der Waals surface area contributed by atoms with Gasteiger partial charge in [0.2, 0.25) is 5.91 Å². The maximum absolute atomic E-state index is 11.6. The van der Waals surface area contributed by atoms with Gasteiger partial charge in [0, 0.05) is 33.3 Å². The second kappa shape index (κ2) is 8.39. The van der Waals surface area contributed by atoms with E-state index in [0.29, 0.717) is 18.1 Å². The highest BCUT2D eigenvalue weighted by molar-refractivity contribution is 9.10. The van der Waals surface area contributed by atoms with Crippen molar-refractivity contribution >= 4 is 38.3 Å². The van der Waals surface area contributed by atoms with Gasteiger partial charge in [-0.1, -0.05) is 19.1 Å². The summed E-state index contributed by atoms with van der Waals surface area (Å²) in [4.78, 5) is 11.6. The Labute approximate surface area is 118 Å². The van der Waals surface area contributed by atoms with Crippen LogP contribution in [0.4, 0.5) is 5.69 Å². The number of carbonyl (C=O) groups is 1. The van der Waals surface area contributed by atoms with Crippen LogP contribution >= 0.6 is 15.9 Å². The van der Waals surface area contributed by atoms with Gasteiger partial charge in [-0.15, -0.1) is 0 Å². The number of benzene rings is 1. The monoisotopic (exact) mass is 332 g/mol. The topological polar surface area (TPSA) is 58.2 Å². The van der Waals surface area contributed by atoms with E-state index in [1.54, 1.807) is 0 Å². The van der Waals surface area contributed by atoms with Gasteiger partial charge in [0.05, 0.1) is 12.2 Å². The molecule has 1 unspecified atom stereocenters. The molecule has 100 valence electrons. The number of rotatable bonds is 7. The predicted molar refractivity (Wildman–Crippen MR) is 79.2 cm³/mol. The molecule has 0 spiro atoms. The maximum Gasteiger partial charge on any atom is 0.238 e. The standard InChI is InChI=1S/C12H17BrN2O2S/c1-2-18(17)8-7-14-9-12(16)15-11-6-4-3-5-10(11)13/h3-6,14H,2,7-9H2,1H3,(H,15,16). The summed E-state index contributed by atoms with van der Waals surface area (Å²) >= 11 is 3.36. The van der Waals surface area contributed by atoms with Gasteiger partial charge in [-0.2, -0.15) is 0 Å². The average Bonchev–Trinajstić information content (AvgIpc) is 2.37. The lowest BCUT2D eigenvalue weighted by Gasteiger charge is -2.07. The quantitative estimate of drug-likeness (QED) is 0.748. The highest BCUT2D eigenvalue weighted by atomic mass is 79.9. The zero-order chi connectivity index (χ0) is 13.4. The van der Waals surface area contributed by atoms with Gasteiger partial charge in [-0.3, -0.25) is 9.00 Å². The summed E-state index contributed by atoms with van der Waals surface area (Å²) in [6.07, 6.45) is 0. The van der Waals surface area contributed by atoms with Gasteiger partial charge in [0.1, 0.15) is 0 Å². The largest absolute Gasteiger partial charge is 0.324 e. The van der Waals surface area contributed by atoms with Gasteiger partial charge in [0.25, 0.3) is 0 Å². The van der Waals surface area contributed by atoms with E-state index in [1.807, 2.05) is 31.2 Å². The van der Waals surface area contributed by atoms with Crippen LogP contribution in [0.3, 0.4) is 0 Å². The molecule has 4 nitrogen and oxygen atoms in total. The summed E-state index contributed by atoms with van der Waals surface area (Å²) in [5, 5.41) is 5.76. The number of para-hydroxylation sites is 1. The van der Waals surface area contributed by atoms with E-state index < -0.39 is 10.8 Å². The number of anilines is 1. The fourth-order valence-corrected chi connectivity index (χ4v) is 2.33. The van der Waals surface area contributed by atoms with Crippen molar-refractivity contribution in [2.45, 2.75) is 6.92 Å². The first kappa shape index (κ1) is 15.3. The van der Waals surface area contributed by atoms with Crippen molar-refractivity contribution in [3.63, 3.8) is 0 Å². The molecule has 0 aromatic heterocycles. The fourth-order valence-electron chi connectivity index (χ4n) is 1.29. The Balaban J connectivity index is 2.26. The fraction of sp³-hybridized carbons (Fsp3) is 0.417. The van der Waals surface area contributed by atoms with Crippen molar-refractivity contribution in [2.75, 3.05) is 29.9 Å². The number of hydrogen-bond donors (Lipinski definition) is 2. The molecule has 0 aliphatic carbocycles. The van der Waals surface area contributed by atoms with Gasteiger partial charge in [0.15, 0.2) is 0 Å². The Bertz CT molecular complexity index is 426. The third-order valence-corrected chi connectivity index (χ3v) is 4.26. The van der Waals surface area contributed by atoms with Gasteiger partial charge >= 0.3 is 0 Å². The van der Waals surface area contributed by atoms with Crippen molar-refractivity contribution in [3.05, 3.63) is 28.7 Å². The summed E-state index contributed by atoms with van der Waals surface area (Å²) in [6.45, 7) is 2.70. The molecule has 0 bridgehead atoms. The third-order valence-electron chi connectivity index (χ3n) is 2.26. The predicted octanol–water partition coefficient (Wildman–Crippen LogP) is 1.75. The van der Waals surface area contributed by atoms with Crippen LogP contribution in [0.1, 0.15) is 6.92 Å². The highest BCUT2D eigenvalue weighted by Crippen LogP contribution is 2.20. The molecule has 1 rings (SSSR count). The molecule has 0 aliphatic heterocycles. The zero-order valence-electron chi connectivity index (χ0n) is 10.2. The first-order valence-electron chi connectivity index (χ1n) is 5.73. The summed E-state index contributed by atoms with van der Waals surface area (Å²) in [5.41, 5.74) is 0.751. The van der Waals surface area contributed by atoms with Gasteiger partial charge in [-0.25, -0.2) is 0 Å². The lowest BCUT2D eigenvalue weighted by atomic mass is 10.3. The summed E-state index contributed by atoms with van der Waals surface area (Å²) in [7, 11) is -0.785. The first-order chi connectivity index (χ1) is 8.63. The van der Waals surface area contributed by atoms with E-state index >= 15 is 0 Å². The minimum absolute atomic E-state index is 0.107. The molecule has 0 radical (unpaired) electrons.